The zero-order valence-corrected chi connectivity index (χ0v) is 18.8. The molecule has 0 fully saturated rings. The van der Waals surface area contributed by atoms with Crippen molar-refractivity contribution in [3.8, 4) is 11.5 Å². The lowest BCUT2D eigenvalue weighted by atomic mass is 10.0. The number of ether oxygens (including phenoxy) is 1. The normalized spacial score (nSPS) is 13.5. The Morgan fingerprint density at radius 2 is 1.88 bits per heavy atom. The third kappa shape index (κ3) is 3.85. The lowest BCUT2D eigenvalue weighted by Crippen LogP contribution is -2.26. The van der Waals surface area contributed by atoms with Crippen LogP contribution in [0.3, 0.4) is 0 Å². The molecule has 1 aliphatic rings. The number of ketones is 1. The third-order valence-corrected chi connectivity index (χ3v) is 6.00. The number of furan rings is 1. The van der Waals surface area contributed by atoms with Gasteiger partial charge in [-0.1, -0.05) is 18.2 Å². The van der Waals surface area contributed by atoms with Gasteiger partial charge < -0.3 is 14.1 Å². The molecule has 1 amide bonds. The molecule has 7 nitrogen and oxygen atoms in total. The van der Waals surface area contributed by atoms with E-state index >= 15 is 0 Å². The molecule has 1 aliphatic heterocycles. The standard InChI is InChI=1S/C27H22N2O5/c1-16(26(31)19-9-10-24-18(14-19)11-12-29(24)17(2)30)34-27(32)21-15-23(25-8-5-13-33-25)28-22-7-4-3-6-20(21)22/h3-10,13-16H,11-12H2,1-2H3. The zero-order chi connectivity index (χ0) is 23.8. The maximum Gasteiger partial charge on any atom is 0.339 e. The number of anilines is 1. The van der Waals surface area contributed by atoms with E-state index in [4.69, 9.17) is 9.15 Å². The van der Waals surface area contributed by atoms with Gasteiger partial charge in [-0.15, -0.1) is 0 Å². The second-order valence-electron chi connectivity index (χ2n) is 8.23. The number of Topliss-reactive ketones (excluding diaryl/α,β-unsaturated/α-hetero) is 1. The molecular formula is C27H22N2O5. The number of benzene rings is 2. The number of hydrogen-bond donors (Lipinski definition) is 0. The van der Waals surface area contributed by atoms with E-state index in [2.05, 4.69) is 4.98 Å². The average molecular weight is 454 g/mol. The van der Waals surface area contributed by atoms with Crippen LogP contribution < -0.4 is 4.90 Å². The summed E-state index contributed by atoms with van der Waals surface area (Å²) in [6.07, 6.45) is 1.23. The highest BCUT2D eigenvalue weighted by atomic mass is 16.5. The highest BCUT2D eigenvalue weighted by Gasteiger charge is 2.26. The molecule has 7 heteroatoms. The van der Waals surface area contributed by atoms with Crippen molar-refractivity contribution in [1.82, 2.24) is 4.98 Å². The Morgan fingerprint density at radius 3 is 2.65 bits per heavy atom. The highest BCUT2D eigenvalue weighted by molar-refractivity contribution is 6.07. The Morgan fingerprint density at radius 1 is 1.06 bits per heavy atom. The molecule has 4 aromatic rings. The first-order valence-electron chi connectivity index (χ1n) is 11.0. The molecule has 0 bridgehead atoms. The van der Waals surface area contributed by atoms with Gasteiger partial charge in [0.15, 0.2) is 11.9 Å². The topological polar surface area (TPSA) is 89.7 Å². The van der Waals surface area contributed by atoms with Gasteiger partial charge in [-0.2, -0.15) is 0 Å². The van der Waals surface area contributed by atoms with Crippen LogP contribution in [0.5, 0.6) is 0 Å². The van der Waals surface area contributed by atoms with E-state index in [0.717, 1.165) is 11.3 Å². The number of amides is 1. The van der Waals surface area contributed by atoms with Crippen LogP contribution in [0.15, 0.2) is 71.3 Å². The Labute approximate surface area is 196 Å². The molecular weight excluding hydrogens is 432 g/mol. The Balaban J connectivity index is 1.41. The second-order valence-corrected chi connectivity index (χ2v) is 8.23. The fourth-order valence-corrected chi connectivity index (χ4v) is 4.29. The minimum atomic E-state index is -0.991. The number of carbonyl (C=O) groups excluding carboxylic acids is 3. The molecule has 0 N–H and O–H groups in total. The van der Waals surface area contributed by atoms with Crippen LogP contribution in [-0.2, 0) is 16.0 Å². The molecule has 1 unspecified atom stereocenters. The molecule has 1 atom stereocenters. The van der Waals surface area contributed by atoms with Gasteiger partial charge >= 0.3 is 5.97 Å². The molecule has 5 rings (SSSR count). The number of hydrogen-bond acceptors (Lipinski definition) is 6. The third-order valence-electron chi connectivity index (χ3n) is 6.00. The van der Waals surface area contributed by atoms with E-state index in [-0.39, 0.29) is 11.7 Å². The second kappa shape index (κ2) is 8.59. The molecule has 2 aromatic heterocycles. The maximum absolute atomic E-state index is 13.2. The minimum Gasteiger partial charge on any atom is -0.463 e. The molecule has 0 saturated heterocycles. The molecule has 0 radical (unpaired) electrons. The quantitative estimate of drug-likeness (QED) is 0.317. The predicted octanol–water partition coefficient (Wildman–Crippen LogP) is 4.83. The molecule has 0 spiro atoms. The molecule has 0 saturated carbocycles. The molecule has 2 aromatic carbocycles. The summed E-state index contributed by atoms with van der Waals surface area (Å²) in [6, 6.07) is 17.6. The number of fused-ring (bicyclic) bond motifs is 2. The van der Waals surface area contributed by atoms with Crippen molar-refractivity contribution < 1.29 is 23.5 Å². The van der Waals surface area contributed by atoms with Crippen molar-refractivity contribution in [3.63, 3.8) is 0 Å². The van der Waals surface area contributed by atoms with Gasteiger partial charge in [0.25, 0.3) is 0 Å². The van der Waals surface area contributed by atoms with Gasteiger partial charge in [0.2, 0.25) is 11.7 Å². The van der Waals surface area contributed by atoms with Crippen molar-refractivity contribution in [2.24, 2.45) is 0 Å². The van der Waals surface area contributed by atoms with E-state index in [9.17, 15) is 14.4 Å². The summed E-state index contributed by atoms with van der Waals surface area (Å²) in [4.78, 5) is 44.3. The lowest BCUT2D eigenvalue weighted by molar-refractivity contribution is -0.116. The maximum atomic E-state index is 13.2. The Kier molecular flexibility index (Phi) is 5.45. The SMILES string of the molecule is CC(=O)N1CCc2cc(C(=O)C(C)OC(=O)c3cc(-c4ccco4)nc4ccccc34)ccc21. The van der Waals surface area contributed by atoms with Gasteiger partial charge in [-0.25, -0.2) is 9.78 Å². The average Bonchev–Trinajstić information content (AvgIpc) is 3.52. The van der Waals surface area contributed by atoms with Crippen LogP contribution in [0.2, 0.25) is 0 Å². The Hall–Kier alpha value is -4.26. The van der Waals surface area contributed by atoms with Crippen LogP contribution >= 0.6 is 0 Å². The van der Waals surface area contributed by atoms with Crippen LogP contribution in [0.25, 0.3) is 22.4 Å². The van der Waals surface area contributed by atoms with Gasteiger partial charge in [0.1, 0.15) is 5.69 Å². The van der Waals surface area contributed by atoms with Crippen LogP contribution in [0, 0.1) is 0 Å². The van der Waals surface area contributed by atoms with E-state index in [0.29, 0.717) is 46.4 Å². The predicted molar refractivity (Wildman–Crippen MR) is 127 cm³/mol. The van der Waals surface area contributed by atoms with Crippen LogP contribution in [0.1, 0.15) is 40.1 Å². The summed E-state index contributed by atoms with van der Waals surface area (Å²) >= 11 is 0. The van der Waals surface area contributed by atoms with Crippen LogP contribution in [-0.4, -0.2) is 35.3 Å². The number of carbonyl (C=O) groups is 3. The summed E-state index contributed by atoms with van der Waals surface area (Å²) in [5, 5.41) is 0.629. The lowest BCUT2D eigenvalue weighted by Gasteiger charge is -2.16. The number of esters is 1. The first-order chi connectivity index (χ1) is 16.4. The summed E-state index contributed by atoms with van der Waals surface area (Å²) < 4.78 is 11.0. The molecule has 3 heterocycles. The number of rotatable bonds is 5. The van der Waals surface area contributed by atoms with Crippen molar-refractivity contribution in [3.05, 3.63) is 83.6 Å². The highest BCUT2D eigenvalue weighted by Crippen LogP contribution is 2.30. The summed E-state index contributed by atoms with van der Waals surface area (Å²) in [5.74, 6) is -0.418. The molecule has 0 aliphatic carbocycles. The summed E-state index contributed by atoms with van der Waals surface area (Å²) in [7, 11) is 0. The van der Waals surface area contributed by atoms with Crippen LogP contribution in [0.4, 0.5) is 5.69 Å². The molecule has 34 heavy (non-hydrogen) atoms. The monoisotopic (exact) mass is 454 g/mol. The van der Waals surface area contributed by atoms with E-state index in [1.54, 1.807) is 54.3 Å². The number of pyridine rings is 1. The largest absolute Gasteiger partial charge is 0.463 e. The van der Waals surface area contributed by atoms with E-state index < -0.39 is 12.1 Å². The van der Waals surface area contributed by atoms with Gasteiger partial charge in [0, 0.05) is 30.1 Å². The fourth-order valence-electron chi connectivity index (χ4n) is 4.29. The fraction of sp³-hybridized carbons (Fsp3) is 0.185. The summed E-state index contributed by atoms with van der Waals surface area (Å²) in [6.45, 7) is 3.68. The van der Waals surface area contributed by atoms with Gasteiger partial charge in [-0.3, -0.25) is 9.59 Å². The van der Waals surface area contributed by atoms with Crippen molar-refractivity contribution in [2.75, 3.05) is 11.4 Å². The number of nitrogens with zero attached hydrogens (tertiary/aromatic N) is 2. The van der Waals surface area contributed by atoms with Crippen molar-refractivity contribution in [1.29, 1.82) is 0 Å². The van der Waals surface area contributed by atoms with Crippen molar-refractivity contribution >= 4 is 34.3 Å². The van der Waals surface area contributed by atoms with Crippen molar-refractivity contribution in [2.45, 2.75) is 26.4 Å². The van der Waals surface area contributed by atoms with Gasteiger partial charge in [0.05, 0.1) is 17.3 Å². The summed E-state index contributed by atoms with van der Waals surface area (Å²) in [5.41, 5.74) is 3.63. The Bertz CT molecular complexity index is 1420. The first-order valence-corrected chi connectivity index (χ1v) is 11.0. The minimum absolute atomic E-state index is 0.0291. The first kappa shape index (κ1) is 21.6. The smallest absolute Gasteiger partial charge is 0.339 e. The van der Waals surface area contributed by atoms with Gasteiger partial charge in [-0.05, 0) is 61.4 Å². The zero-order valence-electron chi connectivity index (χ0n) is 18.8. The number of aromatic nitrogens is 1. The van der Waals surface area contributed by atoms with E-state index in [1.165, 1.54) is 13.2 Å². The van der Waals surface area contributed by atoms with E-state index in [1.807, 2.05) is 18.2 Å². The number of para-hydroxylation sites is 1. The molecule has 170 valence electrons.